The van der Waals surface area contributed by atoms with Crippen molar-refractivity contribution < 1.29 is 9.59 Å². The first-order chi connectivity index (χ1) is 5.24. The lowest BCUT2D eigenvalue weighted by Crippen LogP contribution is -2.11. The number of hydrogen-bond donors (Lipinski definition) is 1. The SMILES string of the molecule is C/C=C1\NC(=O)CC1=O.II. The minimum absolute atomic E-state index is 0.0136. The molecule has 1 N–H and O–H groups in total. The van der Waals surface area contributed by atoms with Crippen LogP contribution in [0.4, 0.5) is 0 Å². The lowest BCUT2D eigenvalue weighted by Gasteiger charge is -1.88. The molecular formula is C6H7I2NO2. The van der Waals surface area contributed by atoms with Crippen LogP contribution in [0.1, 0.15) is 13.3 Å². The molecule has 3 nitrogen and oxygen atoms in total. The number of ketones is 1. The molecule has 0 radical (unpaired) electrons. The van der Waals surface area contributed by atoms with Crippen LogP contribution in [0.5, 0.6) is 0 Å². The van der Waals surface area contributed by atoms with Gasteiger partial charge in [-0.1, -0.05) is 6.08 Å². The molecule has 1 fully saturated rings. The van der Waals surface area contributed by atoms with E-state index in [0.717, 1.165) is 0 Å². The van der Waals surface area contributed by atoms with Gasteiger partial charge in [0.1, 0.15) is 0 Å². The van der Waals surface area contributed by atoms with Gasteiger partial charge in [-0.2, -0.15) is 0 Å². The summed E-state index contributed by atoms with van der Waals surface area (Å²) >= 11 is 4.24. The van der Waals surface area contributed by atoms with Crippen molar-refractivity contribution in [3.63, 3.8) is 0 Å². The van der Waals surface area contributed by atoms with E-state index >= 15 is 0 Å². The van der Waals surface area contributed by atoms with E-state index in [2.05, 4.69) is 42.5 Å². The van der Waals surface area contributed by atoms with Gasteiger partial charge in [-0.25, -0.2) is 0 Å². The number of carbonyl (C=O) groups excluding carboxylic acids is 2. The van der Waals surface area contributed by atoms with Crippen molar-refractivity contribution in [3.8, 4) is 0 Å². The van der Waals surface area contributed by atoms with Gasteiger partial charge >= 0.3 is 0 Å². The Morgan fingerprint density at radius 1 is 1.45 bits per heavy atom. The number of rotatable bonds is 0. The van der Waals surface area contributed by atoms with E-state index in [4.69, 9.17) is 0 Å². The summed E-state index contributed by atoms with van der Waals surface area (Å²) in [5.41, 5.74) is 0.431. The molecule has 62 valence electrons. The maximum absolute atomic E-state index is 10.7. The minimum Gasteiger partial charge on any atom is -0.323 e. The van der Waals surface area contributed by atoms with Crippen LogP contribution >= 0.6 is 37.2 Å². The second kappa shape index (κ2) is 5.92. The van der Waals surface area contributed by atoms with Crippen molar-refractivity contribution in [3.05, 3.63) is 11.8 Å². The van der Waals surface area contributed by atoms with Crippen LogP contribution in [0.15, 0.2) is 11.8 Å². The molecule has 0 bridgehead atoms. The second-order valence-corrected chi connectivity index (χ2v) is 1.85. The van der Waals surface area contributed by atoms with Gasteiger partial charge in [0.05, 0.1) is 12.1 Å². The first-order valence-corrected chi connectivity index (χ1v) is 9.16. The Kier molecular flexibility index (Phi) is 6.11. The fourth-order valence-electron chi connectivity index (χ4n) is 0.738. The van der Waals surface area contributed by atoms with Gasteiger partial charge in [-0.15, -0.1) is 0 Å². The number of Topliss-reactive ketones (excluding diaryl/α,β-unsaturated/α-hetero) is 1. The summed E-state index contributed by atoms with van der Waals surface area (Å²) in [6.07, 6.45) is 1.62. The average Bonchev–Trinajstić information content (AvgIpc) is 2.33. The molecular weight excluding hydrogens is 372 g/mol. The highest BCUT2D eigenvalue weighted by atomic mass is 128. The Bertz CT molecular complexity index is 201. The van der Waals surface area contributed by atoms with Gasteiger partial charge in [0.25, 0.3) is 0 Å². The molecule has 0 aromatic rings. The first-order valence-electron chi connectivity index (χ1n) is 2.87. The molecule has 1 aliphatic rings. The molecule has 0 saturated carbocycles. The molecule has 1 rings (SSSR count). The van der Waals surface area contributed by atoms with Gasteiger partial charge in [-0.05, 0) is 6.92 Å². The summed E-state index contributed by atoms with van der Waals surface area (Å²) in [6.45, 7) is 1.72. The van der Waals surface area contributed by atoms with Gasteiger partial charge in [0, 0.05) is 37.2 Å². The average molecular weight is 379 g/mol. The molecule has 0 atom stereocenters. The standard InChI is InChI=1S/C6H7NO2.I2/c1-2-4-5(8)3-6(9)7-4;1-2/h2H,3H2,1H3,(H,7,9);/b4-2-;. The summed E-state index contributed by atoms with van der Waals surface area (Å²) in [5, 5.41) is 2.43. The summed E-state index contributed by atoms with van der Waals surface area (Å²) < 4.78 is 0. The van der Waals surface area contributed by atoms with E-state index < -0.39 is 0 Å². The molecule has 0 unspecified atom stereocenters. The van der Waals surface area contributed by atoms with Crippen LogP contribution in [-0.2, 0) is 9.59 Å². The molecule has 1 heterocycles. The summed E-state index contributed by atoms with van der Waals surface area (Å²) in [6, 6.07) is 0. The van der Waals surface area contributed by atoms with Crippen LogP contribution < -0.4 is 5.32 Å². The molecule has 0 aromatic heterocycles. The number of amides is 1. The molecule has 0 aliphatic carbocycles. The quantitative estimate of drug-likeness (QED) is 0.396. The van der Waals surface area contributed by atoms with E-state index in [1.54, 1.807) is 13.0 Å². The Labute approximate surface area is 88.3 Å². The number of halogens is 2. The van der Waals surface area contributed by atoms with Gasteiger partial charge < -0.3 is 5.32 Å². The molecule has 11 heavy (non-hydrogen) atoms. The van der Waals surface area contributed by atoms with Crippen LogP contribution in [0.3, 0.4) is 0 Å². The largest absolute Gasteiger partial charge is 0.323 e. The van der Waals surface area contributed by atoms with E-state index in [1.807, 2.05) is 0 Å². The minimum atomic E-state index is -0.201. The third kappa shape index (κ3) is 3.50. The maximum Gasteiger partial charge on any atom is 0.232 e. The Morgan fingerprint density at radius 2 is 2.00 bits per heavy atom. The van der Waals surface area contributed by atoms with Crippen molar-refractivity contribution in [1.29, 1.82) is 0 Å². The second-order valence-electron chi connectivity index (χ2n) is 1.85. The van der Waals surface area contributed by atoms with Gasteiger partial charge in [0.2, 0.25) is 5.91 Å². The normalized spacial score (nSPS) is 19.4. The topological polar surface area (TPSA) is 46.2 Å². The van der Waals surface area contributed by atoms with E-state index in [-0.39, 0.29) is 18.1 Å². The van der Waals surface area contributed by atoms with Crippen molar-refractivity contribution in [2.45, 2.75) is 13.3 Å². The zero-order chi connectivity index (χ0) is 8.85. The van der Waals surface area contributed by atoms with Crippen molar-refractivity contribution >= 4 is 48.9 Å². The smallest absolute Gasteiger partial charge is 0.232 e. The van der Waals surface area contributed by atoms with Crippen LogP contribution in [0.2, 0.25) is 0 Å². The fourth-order valence-corrected chi connectivity index (χ4v) is 0.738. The van der Waals surface area contributed by atoms with Crippen LogP contribution in [0.25, 0.3) is 0 Å². The van der Waals surface area contributed by atoms with Crippen LogP contribution in [0, 0.1) is 0 Å². The number of allylic oxidation sites excluding steroid dienone is 2. The summed E-state index contributed by atoms with van der Waals surface area (Å²) in [5.74, 6) is -0.310. The summed E-state index contributed by atoms with van der Waals surface area (Å²) in [4.78, 5) is 21.1. The predicted molar refractivity (Wildman–Crippen MR) is 59.6 cm³/mol. The summed E-state index contributed by atoms with van der Waals surface area (Å²) in [7, 11) is 0. The van der Waals surface area contributed by atoms with Gasteiger partial charge in [0.15, 0.2) is 5.78 Å². The molecule has 5 heteroatoms. The number of carbonyl (C=O) groups is 2. The Morgan fingerprint density at radius 3 is 2.18 bits per heavy atom. The predicted octanol–water partition coefficient (Wildman–Crippen LogP) is 1.75. The van der Waals surface area contributed by atoms with Gasteiger partial charge in [-0.3, -0.25) is 9.59 Å². The highest BCUT2D eigenvalue weighted by Crippen LogP contribution is 2.04. The first kappa shape index (κ1) is 11.3. The van der Waals surface area contributed by atoms with E-state index in [9.17, 15) is 9.59 Å². The zero-order valence-corrected chi connectivity index (χ0v) is 10.2. The molecule has 0 aromatic carbocycles. The third-order valence-corrected chi connectivity index (χ3v) is 1.18. The van der Waals surface area contributed by atoms with E-state index in [0.29, 0.717) is 5.70 Å². The zero-order valence-electron chi connectivity index (χ0n) is 5.86. The molecule has 1 aliphatic heterocycles. The maximum atomic E-state index is 10.7. The third-order valence-electron chi connectivity index (χ3n) is 1.18. The molecule has 1 saturated heterocycles. The fraction of sp³-hybridized carbons (Fsp3) is 0.333. The molecule has 0 spiro atoms. The Hall–Kier alpha value is 0.340. The van der Waals surface area contributed by atoms with E-state index in [1.165, 1.54) is 0 Å². The number of nitrogens with one attached hydrogen (secondary N) is 1. The lowest BCUT2D eigenvalue weighted by atomic mass is 10.3. The van der Waals surface area contributed by atoms with Crippen molar-refractivity contribution in [1.82, 2.24) is 5.32 Å². The van der Waals surface area contributed by atoms with Crippen molar-refractivity contribution in [2.75, 3.05) is 0 Å². The van der Waals surface area contributed by atoms with Crippen LogP contribution in [-0.4, -0.2) is 11.7 Å². The Balaban J connectivity index is 0.000000461. The highest BCUT2D eigenvalue weighted by molar-refractivity contribution is 15.0. The lowest BCUT2D eigenvalue weighted by molar-refractivity contribution is -0.121. The number of hydrogen-bond acceptors (Lipinski definition) is 2. The monoisotopic (exact) mass is 379 g/mol. The highest BCUT2D eigenvalue weighted by Gasteiger charge is 2.22. The molecule has 1 amide bonds. The van der Waals surface area contributed by atoms with Crippen molar-refractivity contribution in [2.24, 2.45) is 0 Å².